The Hall–Kier alpha value is -2.59. The van der Waals surface area contributed by atoms with Gasteiger partial charge in [0.25, 0.3) is 5.88 Å². The van der Waals surface area contributed by atoms with E-state index < -0.39 is 41.1 Å². The Morgan fingerprint density at radius 3 is 2.55 bits per heavy atom. The van der Waals surface area contributed by atoms with Crippen molar-refractivity contribution < 1.29 is 37.1 Å². The molecule has 0 radical (unpaired) electrons. The molecule has 0 aliphatic heterocycles. The fraction of sp³-hybridized carbons (Fsp3) is 0.455. The van der Waals surface area contributed by atoms with Gasteiger partial charge in [0.1, 0.15) is 0 Å². The molecule has 0 fully saturated rings. The van der Waals surface area contributed by atoms with Gasteiger partial charge in [0.2, 0.25) is 5.88 Å². The van der Waals surface area contributed by atoms with Gasteiger partial charge >= 0.3 is 18.0 Å². The molecule has 1 heterocycles. The molecular weight excluding hydrogens is 313 g/mol. The highest BCUT2D eigenvalue weighted by atomic mass is 19.4. The number of carbonyl (C=O) groups is 1. The molecule has 0 aliphatic carbocycles. The van der Waals surface area contributed by atoms with Gasteiger partial charge in [-0.05, 0) is 6.92 Å². The van der Waals surface area contributed by atoms with E-state index in [0.717, 1.165) is 7.11 Å². The van der Waals surface area contributed by atoms with E-state index in [1.807, 2.05) is 0 Å². The summed E-state index contributed by atoms with van der Waals surface area (Å²) in [5.74, 6) is -2.53. The first-order valence-electron chi connectivity index (χ1n) is 5.81. The Bertz CT molecular complexity index is 576. The molecule has 0 aliphatic rings. The van der Waals surface area contributed by atoms with E-state index in [1.54, 1.807) is 0 Å². The molecule has 8 nitrogen and oxygen atoms in total. The van der Waals surface area contributed by atoms with E-state index in [4.69, 9.17) is 0 Å². The van der Waals surface area contributed by atoms with Gasteiger partial charge in [-0.15, -0.1) is 13.2 Å². The summed E-state index contributed by atoms with van der Waals surface area (Å²) in [6.07, 6.45) is -5.67. The number of methoxy groups -OCH3 is 1. The van der Waals surface area contributed by atoms with Crippen molar-refractivity contribution in [3.8, 4) is 11.8 Å². The van der Waals surface area contributed by atoms with Crippen LogP contribution < -0.4 is 9.47 Å². The molecule has 22 heavy (non-hydrogen) atoms. The molecule has 1 rings (SSSR count). The third-order valence-electron chi connectivity index (χ3n) is 2.25. The number of hydrogen-bond donors (Lipinski definition) is 0. The lowest BCUT2D eigenvalue weighted by Crippen LogP contribution is -2.19. The monoisotopic (exact) mass is 324 g/mol. The van der Waals surface area contributed by atoms with Crippen LogP contribution in [0.2, 0.25) is 0 Å². The minimum Gasteiger partial charge on any atom is -0.476 e. The molecule has 1 aromatic rings. The van der Waals surface area contributed by atoms with Crippen molar-refractivity contribution in [2.45, 2.75) is 19.7 Å². The molecule has 0 saturated heterocycles. The van der Waals surface area contributed by atoms with Gasteiger partial charge in [0.05, 0.1) is 30.6 Å². The van der Waals surface area contributed by atoms with Crippen molar-refractivity contribution in [3.63, 3.8) is 0 Å². The number of esters is 1. The standard InChI is InChI=1S/C11H11F3N2O6/c1-3-21-8(17)5-6-4-7(22-11(12,13)14)15-10(20-2)9(6)16(18)19/h4H,3,5H2,1-2H3. The van der Waals surface area contributed by atoms with Gasteiger partial charge in [-0.3, -0.25) is 14.9 Å². The Morgan fingerprint density at radius 1 is 1.45 bits per heavy atom. The lowest BCUT2D eigenvalue weighted by molar-refractivity contribution is -0.386. The predicted molar refractivity (Wildman–Crippen MR) is 64.5 cm³/mol. The second kappa shape index (κ2) is 6.91. The van der Waals surface area contributed by atoms with Crippen molar-refractivity contribution in [2.24, 2.45) is 0 Å². The van der Waals surface area contributed by atoms with Crippen molar-refractivity contribution >= 4 is 11.7 Å². The third kappa shape index (κ3) is 4.75. The van der Waals surface area contributed by atoms with Gasteiger partial charge in [-0.1, -0.05) is 0 Å². The molecule has 0 spiro atoms. The first kappa shape index (κ1) is 17.5. The second-order valence-corrected chi connectivity index (χ2v) is 3.76. The average Bonchev–Trinajstić information content (AvgIpc) is 2.35. The Balaban J connectivity index is 3.31. The molecule has 1 aromatic heterocycles. The van der Waals surface area contributed by atoms with Crippen LogP contribution in [0.25, 0.3) is 0 Å². The van der Waals surface area contributed by atoms with E-state index in [0.29, 0.717) is 6.07 Å². The summed E-state index contributed by atoms with van der Waals surface area (Å²) in [6, 6.07) is 0.644. The van der Waals surface area contributed by atoms with Gasteiger partial charge < -0.3 is 14.2 Å². The largest absolute Gasteiger partial charge is 0.574 e. The fourth-order valence-electron chi connectivity index (χ4n) is 1.55. The van der Waals surface area contributed by atoms with Crippen molar-refractivity contribution in [2.75, 3.05) is 13.7 Å². The summed E-state index contributed by atoms with van der Waals surface area (Å²) in [4.78, 5) is 24.8. The van der Waals surface area contributed by atoms with Crippen LogP contribution in [-0.4, -0.2) is 36.0 Å². The van der Waals surface area contributed by atoms with Crippen LogP contribution in [0.5, 0.6) is 11.8 Å². The van der Waals surface area contributed by atoms with Gasteiger partial charge in [0.15, 0.2) is 0 Å². The van der Waals surface area contributed by atoms with Crippen LogP contribution >= 0.6 is 0 Å². The maximum absolute atomic E-state index is 12.2. The fourth-order valence-corrected chi connectivity index (χ4v) is 1.55. The number of carbonyl (C=O) groups excluding carboxylic acids is 1. The summed E-state index contributed by atoms with van der Waals surface area (Å²) in [7, 11) is 0.987. The highest BCUT2D eigenvalue weighted by Gasteiger charge is 2.34. The summed E-state index contributed by atoms with van der Waals surface area (Å²) in [5, 5.41) is 11.0. The number of ether oxygens (including phenoxy) is 3. The first-order valence-corrected chi connectivity index (χ1v) is 5.81. The van der Waals surface area contributed by atoms with E-state index in [-0.39, 0.29) is 12.2 Å². The highest BCUT2D eigenvalue weighted by Crippen LogP contribution is 2.34. The number of nitrogens with zero attached hydrogens (tertiary/aromatic N) is 2. The second-order valence-electron chi connectivity index (χ2n) is 3.76. The number of rotatable bonds is 6. The Morgan fingerprint density at radius 2 is 2.09 bits per heavy atom. The Labute approximate surface area is 121 Å². The smallest absolute Gasteiger partial charge is 0.476 e. The molecule has 0 bridgehead atoms. The predicted octanol–water partition coefficient (Wildman–Crippen LogP) is 2.00. The molecule has 0 aromatic carbocycles. The summed E-state index contributed by atoms with van der Waals surface area (Å²) in [6.45, 7) is 1.53. The molecule has 0 N–H and O–H groups in total. The summed E-state index contributed by atoms with van der Waals surface area (Å²) >= 11 is 0. The van der Waals surface area contributed by atoms with Crippen LogP contribution in [0.4, 0.5) is 18.9 Å². The number of aromatic nitrogens is 1. The van der Waals surface area contributed by atoms with E-state index in [2.05, 4.69) is 19.2 Å². The van der Waals surface area contributed by atoms with Crippen LogP contribution in [0.15, 0.2) is 6.07 Å². The zero-order valence-corrected chi connectivity index (χ0v) is 11.5. The molecule has 11 heteroatoms. The number of pyridine rings is 1. The normalized spacial score (nSPS) is 11.0. The molecule has 0 amide bonds. The summed E-state index contributed by atoms with van der Waals surface area (Å²) in [5.41, 5.74) is -1.10. The molecule has 122 valence electrons. The number of alkyl halides is 3. The Kier molecular flexibility index (Phi) is 5.49. The lowest BCUT2D eigenvalue weighted by Gasteiger charge is -2.11. The van der Waals surface area contributed by atoms with Crippen LogP contribution in [0, 0.1) is 10.1 Å². The maximum atomic E-state index is 12.2. The summed E-state index contributed by atoms with van der Waals surface area (Å²) < 4.78 is 49.5. The molecule has 0 unspecified atom stereocenters. The zero-order valence-electron chi connectivity index (χ0n) is 11.5. The van der Waals surface area contributed by atoms with Crippen LogP contribution in [0.3, 0.4) is 0 Å². The van der Waals surface area contributed by atoms with Crippen molar-refractivity contribution in [3.05, 3.63) is 21.7 Å². The average molecular weight is 324 g/mol. The van der Waals surface area contributed by atoms with Crippen LogP contribution in [0.1, 0.15) is 12.5 Å². The minimum atomic E-state index is -5.05. The SMILES string of the molecule is CCOC(=O)Cc1cc(OC(F)(F)F)nc(OC)c1[N+](=O)[O-]. The zero-order chi connectivity index (χ0) is 16.9. The van der Waals surface area contributed by atoms with E-state index in [1.165, 1.54) is 6.92 Å². The lowest BCUT2D eigenvalue weighted by atomic mass is 10.1. The van der Waals surface area contributed by atoms with Gasteiger partial charge in [0, 0.05) is 6.07 Å². The molecule has 0 atom stereocenters. The van der Waals surface area contributed by atoms with Crippen molar-refractivity contribution in [1.82, 2.24) is 4.98 Å². The third-order valence-corrected chi connectivity index (χ3v) is 2.25. The van der Waals surface area contributed by atoms with Crippen molar-refractivity contribution in [1.29, 1.82) is 0 Å². The molecule has 0 saturated carbocycles. The topological polar surface area (TPSA) is 101 Å². The number of hydrogen-bond acceptors (Lipinski definition) is 7. The number of nitro groups is 1. The van der Waals surface area contributed by atoms with E-state index >= 15 is 0 Å². The quantitative estimate of drug-likeness (QED) is 0.448. The van der Waals surface area contributed by atoms with Crippen LogP contribution in [-0.2, 0) is 16.0 Å². The van der Waals surface area contributed by atoms with Gasteiger partial charge in [-0.2, -0.15) is 4.98 Å². The highest BCUT2D eigenvalue weighted by molar-refractivity contribution is 5.75. The van der Waals surface area contributed by atoms with Gasteiger partial charge in [-0.25, -0.2) is 0 Å². The molecular formula is C11H11F3N2O6. The van der Waals surface area contributed by atoms with E-state index in [9.17, 15) is 28.1 Å². The number of halogens is 3. The maximum Gasteiger partial charge on any atom is 0.574 e. The first-order chi connectivity index (χ1) is 10.2. The minimum absolute atomic E-state index is 0.0146.